The number of rotatable bonds is 14. The Morgan fingerprint density at radius 3 is 0.726 bits per heavy atom. The Balaban J connectivity index is 0.000000143. The van der Waals surface area contributed by atoms with E-state index in [-0.39, 0.29) is 0 Å². The summed E-state index contributed by atoms with van der Waals surface area (Å²) in [5.41, 5.74) is 29.2. The molecule has 0 unspecified atom stereocenters. The summed E-state index contributed by atoms with van der Waals surface area (Å²) >= 11 is 0. The van der Waals surface area contributed by atoms with Crippen molar-refractivity contribution >= 4 is 87.5 Å². The Hall–Kier alpha value is -16.8. The molecule has 124 heavy (non-hydrogen) atoms. The van der Waals surface area contributed by atoms with Crippen LogP contribution in [0.3, 0.4) is 0 Å². The minimum absolute atomic E-state index is 0.609. The molecule has 0 aliphatic carbocycles. The molecule has 0 aliphatic heterocycles. The van der Waals surface area contributed by atoms with Crippen molar-refractivity contribution in [1.82, 2.24) is 39.0 Å². The molecule has 24 rings (SSSR count). The predicted molar refractivity (Wildman–Crippen MR) is 508 cm³/mol. The molecule has 0 bridgehead atoms. The lowest BCUT2D eigenvalue weighted by Gasteiger charge is -2.11. The predicted octanol–water partition coefficient (Wildman–Crippen LogP) is 29.7. The first-order valence-electron chi connectivity index (χ1n) is 41.7. The third-order valence-corrected chi connectivity index (χ3v) is 23.8. The van der Waals surface area contributed by atoms with Crippen LogP contribution in [-0.4, -0.2) is 39.0 Å². The number of hydrogen-bond acceptors (Lipinski definition) is 8. The Kier molecular flexibility index (Phi) is 18.0. The van der Waals surface area contributed by atoms with Crippen LogP contribution in [0, 0.1) is 0 Å². The van der Waals surface area contributed by atoms with E-state index in [9.17, 15) is 0 Å². The maximum Gasteiger partial charge on any atom is 0.164 e. The van der Waals surface area contributed by atoms with Gasteiger partial charge in [0.05, 0.1) is 32.8 Å². The molecule has 580 valence electrons. The second-order valence-electron chi connectivity index (χ2n) is 31.2. The SMILES string of the molecule is c1ccc(-c2ccc(-c3nc(-c4ccc(-c5ccccc5)cc4)nc(-c4ccc(-c5ccc6c(c5)oc5c6ccc6c5c5ccccc5n6-c5ccccc5)cc4)n3)cc2)cc1.c1ccc(-c2cccc(-c3nc(-c4ccc(-c5ccc6c(c5)oc5c6ccc6c5c5ccccc5n6-c5ccccc5)cc4)nc(-c4cccc(-c5ccccc5)c4)n3)c2)cc1. The van der Waals surface area contributed by atoms with Crippen molar-refractivity contribution in [2.45, 2.75) is 0 Å². The molecular formula is C114H72N8O2. The third-order valence-electron chi connectivity index (χ3n) is 23.8. The van der Waals surface area contributed by atoms with Crippen LogP contribution in [-0.2, 0) is 0 Å². The van der Waals surface area contributed by atoms with E-state index in [1.165, 1.54) is 21.9 Å². The summed E-state index contributed by atoms with van der Waals surface area (Å²) in [5, 5.41) is 8.99. The maximum absolute atomic E-state index is 6.82. The van der Waals surface area contributed by atoms with Gasteiger partial charge in [0.1, 0.15) is 22.3 Å². The molecule has 0 atom stereocenters. The highest BCUT2D eigenvalue weighted by molar-refractivity contribution is 6.25. The van der Waals surface area contributed by atoms with E-state index in [1.807, 2.05) is 24.3 Å². The van der Waals surface area contributed by atoms with Crippen molar-refractivity contribution in [3.05, 3.63) is 437 Å². The van der Waals surface area contributed by atoms with Gasteiger partial charge < -0.3 is 18.0 Å². The minimum atomic E-state index is 0.609. The number of aromatic nitrogens is 8. The molecule has 0 radical (unpaired) electrons. The molecule has 10 heteroatoms. The first kappa shape index (κ1) is 72.4. The fourth-order valence-corrected chi connectivity index (χ4v) is 17.6. The highest BCUT2D eigenvalue weighted by Gasteiger charge is 2.24. The Bertz CT molecular complexity index is 7950. The van der Waals surface area contributed by atoms with Gasteiger partial charge in [0.2, 0.25) is 0 Å². The van der Waals surface area contributed by atoms with Gasteiger partial charge in [0.25, 0.3) is 0 Å². The molecule has 0 spiro atoms. The largest absolute Gasteiger partial charge is 0.455 e. The first-order chi connectivity index (χ1) is 61.4. The number of benzene rings is 18. The third kappa shape index (κ3) is 13.3. The van der Waals surface area contributed by atoms with E-state index in [4.69, 9.17) is 38.7 Å². The van der Waals surface area contributed by atoms with Crippen LogP contribution >= 0.6 is 0 Å². The molecule has 18 aromatic carbocycles. The average Bonchev–Trinajstić information content (AvgIpc) is 1.56. The molecule has 6 aromatic heterocycles. The van der Waals surface area contributed by atoms with Gasteiger partial charge in [-0.1, -0.05) is 340 Å². The fourth-order valence-electron chi connectivity index (χ4n) is 17.6. The van der Waals surface area contributed by atoms with Gasteiger partial charge in [0.15, 0.2) is 34.9 Å². The normalized spacial score (nSPS) is 11.5. The zero-order chi connectivity index (χ0) is 82.0. The molecule has 0 amide bonds. The van der Waals surface area contributed by atoms with Gasteiger partial charge in [-0.2, -0.15) is 0 Å². The van der Waals surface area contributed by atoms with Gasteiger partial charge in [-0.15, -0.1) is 0 Å². The van der Waals surface area contributed by atoms with E-state index in [0.29, 0.717) is 34.9 Å². The minimum Gasteiger partial charge on any atom is -0.455 e. The maximum atomic E-state index is 6.82. The van der Waals surface area contributed by atoms with Gasteiger partial charge in [-0.05, 0) is 164 Å². The van der Waals surface area contributed by atoms with Crippen molar-refractivity contribution in [3.63, 3.8) is 0 Å². The second-order valence-corrected chi connectivity index (χ2v) is 31.2. The molecule has 0 saturated carbocycles. The number of hydrogen-bond donors (Lipinski definition) is 0. The van der Waals surface area contributed by atoms with E-state index < -0.39 is 0 Å². The van der Waals surface area contributed by atoms with Crippen molar-refractivity contribution in [2.24, 2.45) is 0 Å². The highest BCUT2D eigenvalue weighted by atomic mass is 16.3. The van der Waals surface area contributed by atoms with Crippen LogP contribution in [0.4, 0.5) is 0 Å². The Labute approximate surface area is 713 Å². The Morgan fingerprint density at radius 1 is 0.153 bits per heavy atom. The zero-order valence-electron chi connectivity index (χ0n) is 67.0. The Morgan fingerprint density at radius 2 is 0.387 bits per heavy atom. The average molecular weight is 1590 g/mol. The molecule has 0 aliphatic rings. The monoisotopic (exact) mass is 1580 g/mol. The van der Waals surface area contributed by atoms with Crippen molar-refractivity contribution in [2.75, 3.05) is 0 Å². The topological polar surface area (TPSA) is 113 Å². The summed E-state index contributed by atoms with van der Waals surface area (Å²) in [6, 6.07) is 152. The van der Waals surface area contributed by atoms with Gasteiger partial charge in [-0.3, -0.25) is 0 Å². The molecule has 24 aromatic rings. The summed E-state index contributed by atoms with van der Waals surface area (Å²) in [5.74, 6) is 3.70. The van der Waals surface area contributed by atoms with E-state index in [1.54, 1.807) is 0 Å². The molecule has 0 N–H and O–H groups in total. The fraction of sp³-hybridized carbons (Fsp3) is 0. The lowest BCUT2D eigenvalue weighted by molar-refractivity contribution is 0.672. The molecule has 0 saturated heterocycles. The van der Waals surface area contributed by atoms with Crippen molar-refractivity contribution in [1.29, 1.82) is 0 Å². The number of fused-ring (bicyclic) bond motifs is 14. The number of para-hydroxylation sites is 4. The summed E-state index contributed by atoms with van der Waals surface area (Å²) in [6.45, 7) is 0. The lowest BCUT2D eigenvalue weighted by Crippen LogP contribution is -2.00. The number of furan rings is 2. The zero-order valence-corrected chi connectivity index (χ0v) is 67.0. The van der Waals surface area contributed by atoms with Crippen LogP contribution in [0.15, 0.2) is 446 Å². The van der Waals surface area contributed by atoms with Crippen LogP contribution in [0.1, 0.15) is 0 Å². The lowest BCUT2D eigenvalue weighted by atomic mass is 10.0. The molecule has 6 heterocycles. The van der Waals surface area contributed by atoms with Gasteiger partial charge in [0, 0.05) is 77.1 Å². The van der Waals surface area contributed by atoms with Crippen LogP contribution in [0.25, 0.3) is 234 Å². The van der Waals surface area contributed by atoms with E-state index >= 15 is 0 Å². The van der Waals surface area contributed by atoms with Crippen LogP contribution < -0.4 is 0 Å². The van der Waals surface area contributed by atoms with Gasteiger partial charge >= 0.3 is 0 Å². The summed E-state index contributed by atoms with van der Waals surface area (Å²) in [4.78, 5) is 30.5. The highest BCUT2D eigenvalue weighted by Crippen LogP contribution is 2.45. The second kappa shape index (κ2) is 30.8. The van der Waals surface area contributed by atoms with Crippen LogP contribution in [0.2, 0.25) is 0 Å². The first-order valence-corrected chi connectivity index (χ1v) is 41.7. The molecule has 0 fully saturated rings. The van der Waals surface area contributed by atoms with Crippen LogP contribution in [0.5, 0.6) is 0 Å². The van der Waals surface area contributed by atoms with Gasteiger partial charge in [-0.25, -0.2) is 29.9 Å². The summed E-state index contributed by atoms with van der Waals surface area (Å²) < 4.78 is 18.3. The quantitative estimate of drug-likeness (QED) is 0.106. The standard InChI is InChI=1S/2C57H36N4O/c1-4-14-37(15-5-1)41-18-12-20-44(34-41)56-58-55(59-57(60-56)45-21-13-19-42(35-45)38-16-6-2-7-17-38)40-28-26-39(27-29-40)43-30-31-47-48-32-33-51-53(54(48)62-52(47)36-43)49-24-10-11-25-50(49)61(51)46-22-8-3-9-23-46;1-4-12-37(13-5-1)39-20-26-42(27-21-39)55-58-56(43-28-22-40(23-29-43)38-14-6-2-7-15-38)60-57(59-55)44-30-24-41(25-31-44)45-32-33-47-48-34-35-51-53(54(48)62-52(47)36-45)49-18-10-11-19-50(49)61(51)46-16-8-3-9-17-46/h2*1-36H. The van der Waals surface area contributed by atoms with Crippen molar-refractivity contribution < 1.29 is 8.83 Å². The summed E-state index contributed by atoms with van der Waals surface area (Å²) in [6.07, 6.45) is 0. The number of nitrogens with zero attached hydrogens (tertiary/aromatic N) is 8. The van der Waals surface area contributed by atoms with E-state index in [0.717, 1.165) is 177 Å². The van der Waals surface area contributed by atoms with E-state index in [2.05, 4.69) is 422 Å². The molecule has 10 nitrogen and oxygen atoms in total. The molecular weight excluding hydrogens is 1510 g/mol. The smallest absolute Gasteiger partial charge is 0.164 e. The van der Waals surface area contributed by atoms with Crippen molar-refractivity contribution in [3.8, 4) is 146 Å². The summed E-state index contributed by atoms with van der Waals surface area (Å²) in [7, 11) is 0.